The van der Waals surface area contributed by atoms with E-state index in [-0.39, 0.29) is 6.04 Å². The zero-order valence-electron chi connectivity index (χ0n) is 9.59. The summed E-state index contributed by atoms with van der Waals surface area (Å²) < 4.78 is 6.06. The second-order valence-corrected chi connectivity index (χ2v) is 4.96. The van der Waals surface area contributed by atoms with Crippen LogP contribution >= 0.6 is 27.5 Å². The summed E-state index contributed by atoms with van der Waals surface area (Å²) in [6.45, 7) is 0.784. The Labute approximate surface area is 110 Å². The fourth-order valence-corrected chi connectivity index (χ4v) is 2.48. The first-order valence-corrected chi connectivity index (χ1v) is 6.47. The summed E-state index contributed by atoms with van der Waals surface area (Å²) in [4.78, 5) is 0. The van der Waals surface area contributed by atoms with Crippen molar-refractivity contribution in [2.45, 2.75) is 18.9 Å². The van der Waals surface area contributed by atoms with Gasteiger partial charge in [-0.15, -0.1) is 0 Å². The Morgan fingerprint density at radius 1 is 1.50 bits per heavy atom. The van der Waals surface area contributed by atoms with E-state index in [9.17, 15) is 0 Å². The van der Waals surface area contributed by atoms with Crippen LogP contribution in [0.1, 0.15) is 24.4 Å². The molecule has 1 aromatic rings. The third-order valence-corrected chi connectivity index (χ3v) is 3.35. The van der Waals surface area contributed by atoms with Gasteiger partial charge in [-0.25, -0.2) is 0 Å². The van der Waals surface area contributed by atoms with Crippen LogP contribution in [0.5, 0.6) is 0 Å². The van der Waals surface area contributed by atoms with Crippen LogP contribution in [0, 0.1) is 0 Å². The lowest BCUT2D eigenvalue weighted by Gasteiger charge is -2.18. The van der Waals surface area contributed by atoms with E-state index in [1.165, 1.54) is 0 Å². The Morgan fingerprint density at radius 2 is 2.25 bits per heavy atom. The first kappa shape index (κ1) is 14.0. The average Bonchev–Trinajstić information content (AvgIpc) is 2.26. The topological polar surface area (TPSA) is 21.3 Å². The quantitative estimate of drug-likeness (QED) is 0.807. The van der Waals surface area contributed by atoms with Gasteiger partial charge in [-0.2, -0.15) is 0 Å². The molecule has 0 saturated heterocycles. The maximum atomic E-state index is 6.21. The highest BCUT2D eigenvalue weighted by Crippen LogP contribution is 2.28. The highest BCUT2D eigenvalue weighted by atomic mass is 79.9. The second-order valence-electron chi connectivity index (χ2n) is 3.64. The summed E-state index contributed by atoms with van der Waals surface area (Å²) in [6, 6.07) is 6.29. The van der Waals surface area contributed by atoms with Crippen molar-refractivity contribution in [2.75, 3.05) is 20.8 Å². The zero-order chi connectivity index (χ0) is 12.0. The lowest BCUT2D eigenvalue weighted by atomic mass is 10.0. The van der Waals surface area contributed by atoms with Crippen LogP contribution < -0.4 is 5.32 Å². The van der Waals surface area contributed by atoms with Gasteiger partial charge in [0.15, 0.2) is 0 Å². The first-order chi connectivity index (χ1) is 7.69. The molecule has 0 aliphatic carbocycles. The third kappa shape index (κ3) is 4.06. The van der Waals surface area contributed by atoms with Crippen LogP contribution in [0.3, 0.4) is 0 Å². The molecule has 1 atom stereocenters. The zero-order valence-corrected chi connectivity index (χ0v) is 11.9. The Hall–Kier alpha value is -0.0900. The number of hydrogen-bond donors (Lipinski definition) is 1. The number of benzene rings is 1. The molecule has 0 radical (unpaired) electrons. The highest BCUT2D eigenvalue weighted by Gasteiger charge is 2.12. The molecule has 90 valence electrons. The van der Waals surface area contributed by atoms with Crippen molar-refractivity contribution in [1.29, 1.82) is 0 Å². The highest BCUT2D eigenvalue weighted by molar-refractivity contribution is 9.10. The van der Waals surface area contributed by atoms with E-state index in [2.05, 4.69) is 27.3 Å². The summed E-state index contributed by atoms with van der Waals surface area (Å²) >= 11 is 9.62. The smallest absolute Gasteiger partial charge is 0.0465 e. The molecule has 0 heterocycles. The molecule has 1 aromatic carbocycles. The maximum Gasteiger partial charge on any atom is 0.0465 e. The minimum atomic E-state index is 0.288. The fourth-order valence-electron chi connectivity index (χ4n) is 1.67. The van der Waals surface area contributed by atoms with Gasteiger partial charge < -0.3 is 10.1 Å². The maximum absolute atomic E-state index is 6.21. The van der Waals surface area contributed by atoms with Crippen molar-refractivity contribution in [1.82, 2.24) is 5.32 Å². The Bertz CT molecular complexity index is 333. The number of nitrogens with one attached hydrogen (secondary N) is 1. The molecule has 2 nitrogen and oxygen atoms in total. The summed E-state index contributed by atoms with van der Waals surface area (Å²) in [5.41, 5.74) is 1.14. The number of ether oxygens (including phenoxy) is 1. The fraction of sp³-hybridized carbons (Fsp3) is 0.500. The summed E-state index contributed by atoms with van der Waals surface area (Å²) in [6.07, 6.45) is 2.04. The monoisotopic (exact) mass is 305 g/mol. The van der Waals surface area contributed by atoms with Gasteiger partial charge in [0.25, 0.3) is 0 Å². The lowest BCUT2D eigenvalue weighted by Crippen LogP contribution is -2.17. The molecule has 0 aromatic heterocycles. The van der Waals surface area contributed by atoms with Crippen LogP contribution in [0.15, 0.2) is 22.7 Å². The van der Waals surface area contributed by atoms with Gasteiger partial charge in [0.1, 0.15) is 0 Å². The Morgan fingerprint density at radius 3 is 2.81 bits per heavy atom. The van der Waals surface area contributed by atoms with Gasteiger partial charge in [0, 0.05) is 29.3 Å². The van der Waals surface area contributed by atoms with E-state index < -0.39 is 0 Å². The van der Waals surface area contributed by atoms with Gasteiger partial charge in [-0.05, 0) is 37.6 Å². The van der Waals surface area contributed by atoms with Crippen molar-refractivity contribution >= 4 is 27.5 Å². The molecule has 0 saturated carbocycles. The molecule has 1 N–H and O–H groups in total. The molecule has 0 aliphatic heterocycles. The van der Waals surface area contributed by atoms with Crippen molar-refractivity contribution in [3.05, 3.63) is 33.3 Å². The standard InChI is InChI=1S/C12H17BrClNO/c1-15-12(4-3-7-16-2)10-6-5-9(13)8-11(10)14/h5-6,8,12,15H,3-4,7H2,1-2H3. The van der Waals surface area contributed by atoms with E-state index in [0.29, 0.717) is 0 Å². The summed E-state index contributed by atoms with van der Waals surface area (Å²) in [5.74, 6) is 0. The second kappa shape index (κ2) is 7.28. The SMILES string of the molecule is CNC(CCCOC)c1ccc(Br)cc1Cl. The van der Waals surface area contributed by atoms with Gasteiger partial charge in [0.05, 0.1) is 0 Å². The number of rotatable bonds is 6. The molecular weight excluding hydrogens is 289 g/mol. The van der Waals surface area contributed by atoms with E-state index in [4.69, 9.17) is 16.3 Å². The largest absolute Gasteiger partial charge is 0.385 e. The average molecular weight is 307 g/mol. The molecule has 4 heteroatoms. The van der Waals surface area contributed by atoms with E-state index in [0.717, 1.165) is 34.5 Å². The van der Waals surface area contributed by atoms with E-state index >= 15 is 0 Å². The molecule has 1 rings (SSSR count). The Balaban J connectivity index is 2.70. The van der Waals surface area contributed by atoms with Crippen molar-refractivity contribution in [3.63, 3.8) is 0 Å². The Kier molecular flexibility index (Phi) is 6.36. The van der Waals surface area contributed by atoms with Crippen LogP contribution in [-0.4, -0.2) is 20.8 Å². The number of halogens is 2. The minimum Gasteiger partial charge on any atom is -0.385 e. The van der Waals surface area contributed by atoms with Gasteiger partial charge in [-0.1, -0.05) is 33.6 Å². The third-order valence-electron chi connectivity index (χ3n) is 2.53. The molecule has 0 aliphatic rings. The predicted molar refractivity (Wildman–Crippen MR) is 72.1 cm³/mol. The van der Waals surface area contributed by atoms with Crippen molar-refractivity contribution in [3.8, 4) is 0 Å². The molecule has 0 amide bonds. The summed E-state index contributed by atoms with van der Waals surface area (Å²) in [7, 11) is 3.68. The number of methoxy groups -OCH3 is 1. The van der Waals surface area contributed by atoms with Crippen LogP contribution in [-0.2, 0) is 4.74 Å². The molecule has 1 unspecified atom stereocenters. The van der Waals surface area contributed by atoms with Crippen LogP contribution in [0.4, 0.5) is 0 Å². The molecular formula is C12H17BrClNO. The first-order valence-electron chi connectivity index (χ1n) is 5.30. The van der Waals surface area contributed by atoms with Crippen LogP contribution in [0.25, 0.3) is 0 Å². The minimum absolute atomic E-state index is 0.288. The molecule has 0 bridgehead atoms. The molecule has 0 fully saturated rings. The predicted octanol–water partition coefficient (Wildman–Crippen LogP) is 3.79. The van der Waals surface area contributed by atoms with Crippen molar-refractivity contribution < 1.29 is 4.74 Å². The van der Waals surface area contributed by atoms with Gasteiger partial charge >= 0.3 is 0 Å². The van der Waals surface area contributed by atoms with Gasteiger partial charge in [0.2, 0.25) is 0 Å². The van der Waals surface area contributed by atoms with E-state index in [1.807, 2.05) is 19.2 Å². The van der Waals surface area contributed by atoms with E-state index in [1.54, 1.807) is 7.11 Å². The van der Waals surface area contributed by atoms with Gasteiger partial charge in [-0.3, -0.25) is 0 Å². The normalized spacial score (nSPS) is 12.8. The molecule has 0 spiro atoms. The van der Waals surface area contributed by atoms with Crippen molar-refractivity contribution in [2.24, 2.45) is 0 Å². The molecule has 16 heavy (non-hydrogen) atoms. The summed E-state index contributed by atoms with van der Waals surface area (Å²) in [5, 5.41) is 4.08. The van der Waals surface area contributed by atoms with Crippen LogP contribution in [0.2, 0.25) is 5.02 Å². The number of hydrogen-bond acceptors (Lipinski definition) is 2. The lowest BCUT2D eigenvalue weighted by molar-refractivity contribution is 0.189.